The first-order valence-corrected chi connectivity index (χ1v) is 32.9. The van der Waals surface area contributed by atoms with Crippen LogP contribution in [0.3, 0.4) is 0 Å². The number of hydrogen-bond acceptors (Lipinski definition) is 7. The Labute approximate surface area is 457 Å². The summed E-state index contributed by atoms with van der Waals surface area (Å²) in [6, 6.07) is 0. The van der Waals surface area contributed by atoms with Crippen molar-refractivity contribution in [2.24, 2.45) is 0 Å². The van der Waals surface area contributed by atoms with Crippen molar-refractivity contribution in [3.63, 3.8) is 0 Å². The lowest BCUT2D eigenvalue weighted by Gasteiger charge is -2.31. The predicted octanol–water partition coefficient (Wildman–Crippen LogP) is 22.3. The van der Waals surface area contributed by atoms with Crippen LogP contribution in [0.4, 0.5) is 0 Å². The largest absolute Gasteiger partial charge is 0.494 e. The Balaban J connectivity index is 7.70. The Morgan fingerprint density at radius 3 is 0.699 bits per heavy atom. The molecule has 0 aliphatic carbocycles. The standard InChI is InChI=1S/C66H130O7/c1-9-17-25-33-35-37-39-45-53-61(67-55-49-41-27-19-11-3)63(69-57-51-43-29-21-13-5)65(71-59-47-31-23-15-7)73-66(72-60-48-32-24-16-8)64(70-58-52-44-30-22-14-6)62(68-56-50-42-28-20-12-4)54-46-40-38-36-34-26-18-10-2/h65-66H,9-60H2,1-8H3. The minimum atomic E-state index is -0.802. The third-order valence-corrected chi connectivity index (χ3v) is 14.3. The first-order chi connectivity index (χ1) is 36.1. The monoisotopic (exact) mass is 1030 g/mol. The third-order valence-electron chi connectivity index (χ3n) is 14.3. The van der Waals surface area contributed by atoms with Crippen molar-refractivity contribution in [1.82, 2.24) is 0 Å². The van der Waals surface area contributed by atoms with Crippen LogP contribution in [-0.4, -0.2) is 52.2 Å². The van der Waals surface area contributed by atoms with E-state index in [0.29, 0.717) is 39.6 Å². The van der Waals surface area contributed by atoms with Crippen LogP contribution in [-0.2, 0) is 33.2 Å². The molecule has 436 valence electrons. The highest BCUT2D eigenvalue weighted by atomic mass is 16.8. The number of unbranched alkanes of at least 4 members (excludes halogenated alkanes) is 36. The molecule has 0 heterocycles. The molecule has 0 radical (unpaired) electrons. The zero-order chi connectivity index (χ0) is 53.2. The van der Waals surface area contributed by atoms with E-state index < -0.39 is 12.6 Å². The van der Waals surface area contributed by atoms with Gasteiger partial charge in [-0.15, -0.1) is 0 Å². The molecule has 7 heteroatoms. The van der Waals surface area contributed by atoms with E-state index in [9.17, 15) is 0 Å². The summed E-state index contributed by atoms with van der Waals surface area (Å²) in [5.41, 5.74) is 0. The molecule has 2 atom stereocenters. The van der Waals surface area contributed by atoms with Gasteiger partial charge in [-0.1, -0.05) is 287 Å². The van der Waals surface area contributed by atoms with Crippen molar-refractivity contribution >= 4 is 0 Å². The predicted molar refractivity (Wildman–Crippen MR) is 316 cm³/mol. The Kier molecular flexibility index (Phi) is 58.6. The number of hydrogen-bond donors (Lipinski definition) is 0. The molecule has 0 aromatic rings. The number of allylic oxidation sites excluding steroid dienone is 2. The van der Waals surface area contributed by atoms with E-state index in [4.69, 9.17) is 33.2 Å². The zero-order valence-electron chi connectivity index (χ0n) is 50.8. The summed E-state index contributed by atoms with van der Waals surface area (Å²) in [4.78, 5) is 0. The van der Waals surface area contributed by atoms with Crippen LogP contribution in [0.25, 0.3) is 0 Å². The van der Waals surface area contributed by atoms with E-state index in [0.717, 1.165) is 113 Å². The van der Waals surface area contributed by atoms with Gasteiger partial charge in [0.2, 0.25) is 12.6 Å². The molecule has 2 unspecified atom stereocenters. The van der Waals surface area contributed by atoms with Gasteiger partial charge in [0.1, 0.15) is 11.5 Å². The quantitative estimate of drug-likeness (QED) is 0.0342. The van der Waals surface area contributed by atoms with E-state index in [1.54, 1.807) is 0 Å². The molecular weight excluding hydrogens is 905 g/mol. The first kappa shape index (κ1) is 71.6. The molecular formula is C66H130O7. The summed E-state index contributed by atoms with van der Waals surface area (Å²) in [6.45, 7) is 22.1. The Morgan fingerprint density at radius 2 is 0.425 bits per heavy atom. The van der Waals surface area contributed by atoms with Gasteiger partial charge in [0.15, 0.2) is 11.5 Å². The average Bonchev–Trinajstić information content (AvgIpc) is 3.40. The Hall–Kier alpha value is -1.44. The molecule has 0 rings (SSSR count). The SMILES string of the molecule is CCCCCCCCCCC(OCCCCCCC)=C(OCCCCCCC)C(OCCCCCC)OC(OCCCCCC)C(OCCCCCCC)=C(CCCCCCCCCC)OCCCCCCC. The topological polar surface area (TPSA) is 64.6 Å². The lowest BCUT2D eigenvalue weighted by molar-refractivity contribution is -0.243. The van der Waals surface area contributed by atoms with Crippen molar-refractivity contribution in [2.45, 2.75) is 363 Å². The van der Waals surface area contributed by atoms with Gasteiger partial charge in [0.25, 0.3) is 0 Å². The van der Waals surface area contributed by atoms with Gasteiger partial charge in [-0.2, -0.15) is 0 Å². The van der Waals surface area contributed by atoms with Gasteiger partial charge in [-0.05, 0) is 51.4 Å². The van der Waals surface area contributed by atoms with E-state index in [1.165, 1.54) is 205 Å². The van der Waals surface area contributed by atoms with Crippen LogP contribution in [0.15, 0.2) is 23.0 Å². The number of ether oxygens (including phenoxy) is 7. The first-order valence-electron chi connectivity index (χ1n) is 32.9. The maximum atomic E-state index is 7.45. The van der Waals surface area contributed by atoms with E-state index in [2.05, 4.69) is 55.4 Å². The van der Waals surface area contributed by atoms with Crippen LogP contribution in [0.5, 0.6) is 0 Å². The molecule has 0 N–H and O–H groups in total. The zero-order valence-corrected chi connectivity index (χ0v) is 50.8. The summed E-state index contributed by atoms with van der Waals surface area (Å²) in [5.74, 6) is 3.28. The van der Waals surface area contributed by atoms with Crippen LogP contribution < -0.4 is 0 Å². The smallest absolute Gasteiger partial charge is 0.223 e. The molecule has 0 amide bonds. The van der Waals surface area contributed by atoms with Crippen molar-refractivity contribution in [3.8, 4) is 0 Å². The molecule has 73 heavy (non-hydrogen) atoms. The summed E-state index contributed by atoms with van der Waals surface area (Å²) < 4.78 is 49.7. The molecule has 0 bridgehead atoms. The molecule has 0 aliphatic heterocycles. The van der Waals surface area contributed by atoms with Crippen molar-refractivity contribution in [1.29, 1.82) is 0 Å². The van der Waals surface area contributed by atoms with Gasteiger partial charge in [0.05, 0.1) is 39.6 Å². The highest BCUT2D eigenvalue weighted by Crippen LogP contribution is 2.30. The fraction of sp³-hybridized carbons (Fsp3) is 0.939. The maximum absolute atomic E-state index is 7.45. The lowest BCUT2D eigenvalue weighted by atomic mass is 10.1. The summed E-state index contributed by atoms with van der Waals surface area (Å²) >= 11 is 0. The van der Waals surface area contributed by atoms with Gasteiger partial charge in [-0.25, -0.2) is 0 Å². The van der Waals surface area contributed by atoms with E-state index in [1.807, 2.05) is 0 Å². The van der Waals surface area contributed by atoms with E-state index in [-0.39, 0.29) is 0 Å². The maximum Gasteiger partial charge on any atom is 0.223 e. The molecule has 0 saturated heterocycles. The van der Waals surface area contributed by atoms with Gasteiger partial charge < -0.3 is 33.2 Å². The second-order valence-corrected chi connectivity index (χ2v) is 21.7. The van der Waals surface area contributed by atoms with Crippen LogP contribution in [0.1, 0.15) is 351 Å². The third kappa shape index (κ3) is 46.4. The van der Waals surface area contributed by atoms with Crippen LogP contribution in [0, 0.1) is 0 Å². The van der Waals surface area contributed by atoms with Gasteiger partial charge >= 0.3 is 0 Å². The van der Waals surface area contributed by atoms with Crippen LogP contribution >= 0.6 is 0 Å². The average molecular weight is 1040 g/mol. The van der Waals surface area contributed by atoms with Crippen molar-refractivity contribution in [3.05, 3.63) is 23.0 Å². The molecule has 0 fully saturated rings. The molecule has 0 aromatic heterocycles. The minimum Gasteiger partial charge on any atom is -0.494 e. The number of rotatable bonds is 62. The van der Waals surface area contributed by atoms with E-state index >= 15 is 0 Å². The normalized spacial score (nSPS) is 13.3. The molecule has 0 saturated carbocycles. The van der Waals surface area contributed by atoms with Crippen LogP contribution in [0.2, 0.25) is 0 Å². The minimum absolute atomic E-state index is 0.579. The second-order valence-electron chi connectivity index (χ2n) is 21.7. The lowest BCUT2D eigenvalue weighted by Crippen LogP contribution is -2.34. The van der Waals surface area contributed by atoms with Crippen molar-refractivity contribution in [2.75, 3.05) is 39.6 Å². The molecule has 0 spiro atoms. The molecule has 0 aliphatic rings. The second kappa shape index (κ2) is 59.8. The summed E-state index contributed by atoms with van der Waals surface area (Å²) in [5, 5.41) is 0. The fourth-order valence-electron chi connectivity index (χ4n) is 9.41. The Bertz CT molecular complexity index is 1050. The molecule has 0 aromatic carbocycles. The highest BCUT2D eigenvalue weighted by Gasteiger charge is 2.32. The summed E-state index contributed by atoms with van der Waals surface area (Å²) in [7, 11) is 0. The summed E-state index contributed by atoms with van der Waals surface area (Å²) in [6.07, 6.45) is 52.8. The van der Waals surface area contributed by atoms with Gasteiger partial charge in [-0.3, -0.25) is 0 Å². The fourth-order valence-corrected chi connectivity index (χ4v) is 9.41. The van der Waals surface area contributed by atoms with Crippen molar-refractivity contribution < 1.29 is 33.2 Å². The highest BCUT2D eigenvalue weighted by molar-refractivity contribution is 5.09. The van der Waals surface area contributed by atoms with Gasteiger partial charge in [0, 0.05) is 12.8 Å². The Morgan fingerprint density at radius 1 is 0.219 bits per heavy atom. The molecule has 7 nitrogen and oxygen atoms in total.